The molecule has 180 valence electrons. The fourth-order valence-corrected chi connectivity index (χ4v) is 4.40. The Hall–Kier alpha value is -4.05. The maximum atomic E-state index is 13.7. The van der Waals surface area contributed by atoms with Crippen LogP contribution in [0.5, 0.6) is 0 Å². The van der Waals surface area contributed by atoms with E-state index in [0.29, 0.717) is 37.4 Å². The van der Waals surface area contributed by atoms with Crippen molar-refractivity contribution < 1.29 is 18.7 Å². The highest BCUT2D eigenvalue weighted by Crippen LogP contribution is 2.25. The topological polar surface area (TPSA) is 83.1 Å². The first-order chi connectivity index (χ1) is 16.9. The number of anilines is 1. The molecule has 1 aliphatic heterocycles. The standard InChI is InChI=1S/C25H23F2N5O3/c26-18-4-6-20(7-5-18)29-8-10-30(11-9-29)22(34)15-31-12-13-32-24(25(31)35)21(16-33)23(28-32)17-2-1-3-19(27)14-17/h1-7,12-14,33H,8-11,15-16H2. The van der Waals surface area contributed by atoms with E-state index in [9.17, 15) is 23.5 Å². The summed E-state index contributed by atoms with van der Waals surface area (Å²) >= 11 is 0. The number of aliphatic hydroxyl groups excluding tert-OH is 1. The summed E-state index contributed by atoms with van der Waals surface area (Å²) in [5.74, 6) is -0.952. The zero-order chi connectivity index (χ0) is 24.5. The normalized spacial score (nSPS) is 14.0. The molecule has 2 aromatic heterocycles. The Labute approximate surface area is 199 Å². The lowest BCUT2D eigenvalue weighted by Gasteiger charge is -2.36. The minimum Gasteiger partial charge on any atom is -0.392 e. The van der Waals surface area contributed by atoms with E-state index in [1.54, 1.807) is 29.3 Å². The number of carbonyl (C=O) groups excluding carboxylic acids is 1. The molecule has 1 saturated heterocycles. The van der Waals surface area contributed by atoms with Crippen LogP contribution in [0.2, 0.25) is 0 Å². The molecule has 0 unspecified atom stereocenters. The maximum Gasteiger partial charge on any atom is 0.277 e. The van der Waals surface area contributed by atoms with Gasteiger partial charge in [-0.3, -0.25) is 9.59 Å². The summed E-state index contributed by atoms with van der Waals surface area (Å²) < 4.78 is 29.5. The molecule has 2 aromatic carbocycles. The number of nitrogens with zero attached hydrogens (tertiary/aromatic N) is 5. The molecule has 1 aliphatic rings. The van der Waals surface area contributed by atoms with Crippen LogP contribution in [0, 0.1) is 11.6 Å². The lowest BCUT2D eigenvalue weighted by molar-refractivity contribution is -0.132. The molecule has 0 spiro atoms. The third-order valence-corrected chi connectivity index (χ3v) is 6.25. The molecule has 0 saturated carbocycles. The van der Waals surface area contributed by atoms with Crippen molar-refractivity contribution in [3.05, 3.63) is 88.5 Å². The van der Waals surface area contributed by atoms with E-state index in [2.05, 4.69) is 10.00 Å². The molecule has 4 aromatic rings. The first-order valence-electron chi connectivity index (χ1n) is 11.2. The van der Waals surface area contributed by atoms with Crippen molar-refractivity contribution in [2.24, 2.45) is 0 Å². The number of aromatic nitrogens is 3. The Kier molecular flexibility index (Phi) is 6.04. The fourth-order valence-electron chi connectivity index (χ4n) is 4.40. The zero-order valence-electron chi connectivity index (χ0n) is 18.8. The summed E-state index contributed by atoms with van der Waals surface area (Å²) in [5.41, 5.74) is 1.60. The van der Waals surface area contributed by atoms with Crippen LogP contribution in [-0.2, 0) is 17.9 Å². The van der Waals surface area contributed by atoms with Gasteiger partial charge < -0.3 is 19.5 Å². The molecule has 0 aliphatic carbocycles. The third kappa shape index (κ3) is 4.40. The number of halogens is 2. The van der Waals surface area contributed by atoms with Gasteiger partial charge in [0, 0.05) is 55.4 Å². The van der Waals surface area contributed by atoms with Gasteiger partial charge >= 0.3 is 0 Å². The zero-order valence-corrected chi connectivity index (χ0v) is 18.8. The predicted molar refractivity (Wildman–Crippen MR) is 126 cm³/mol. The quantitative estimate of drug-likeness (QED) is 0.475. The number of benzene rings is 2. The lowest BCUT2D eigenvalue weighted by atomic mass is 10.1. The van der Waals surface area contributed by atoms with Gasteiger partial charge in [-0.1, -0.05) is 12.1 Å². The Morgan fingerprint density at radius 1 is 0.971 bits per heavy atom. The monoisotopic (exact) mass is 479 g/mol. The van der Waals surface area contributed by atoms with Crippen molar-refractivity contribution in [1.29, 1.82) is 0 Å². The Morgan fingerprint density at radius 2 is 1.71 bits per heavy atom. The number of piperazine rings is 1. The van der Waals surface area contributed by atoms with Crippen molar-refractivity contribution in [1.82, 2.24) is 19.1 Å². The first-order valence-corrected chi connectivity index (χ1v) is 11.2. The van der Waals surface area contributed by atoms with Gasteiger partial charge in [0.1, 0.15) is 23.7 Å². The Bertz CT molecular complexity index is 1440. The molecule has 1 fully saturated rings. The number of fused-ring (bicyclic) bond motifs is 1. The van der Waals surface area contributed by atoms with E-state index in [1.807, 2.05) is 0 Å². The molecule has 0 bridgehead atoms. The summed E-state index contributed by atoms with van der Waals surface area (Å²) in [6.45, 7) is 1.53. The summed E-state index contributed by atoms with van der Waals surface area (Å²) in [5, 5.41) is 14.3. The van der Waals surface area contributed by atoms with Crippen LogP contribution < -0.4 is 10.5 Å². The van der Waals surface area contributed by atoms with Gasteiger partial charge in [-0.25, -0.2) is 13.3 Å². The second-order valence-corrected chi connectivity index (χ2v) is 8.36. The molecule has 35 heavy (non-hydrogen) atoms. The lowest BCUT2D eigenvalue weighted by Crippen LogP contribution is -2.50. The number of carbonyl (C=O) groups is 1. The summed E-state index contributed by atoms with van der Waals surface area (Å²) in [6.07, 6.45) is 3.02. The molecule has 10 heteroatoms. The molecular weight excluding hydrogens is 456 g/mol. The van der Waals surface area contributed by atoms with Crippen molar-refractivity contribution >= 4 is 17.1 Å². The molecular formula is C25H23F2N5O3. The van der Waals surface area contributed by atoms with Crippen molar-refractivity contribution in [2.45, 2.75) is 13.2 Å². The maximum absolute atomic E-state index is 13.7. The third-order valence-electron chi connectivity index (χ3n) is 6.25. The molecule has 5 rings (SSSR count). The SMILES string of the molecule is O=C(Cn1ccn2nc(-c3cccc(F)c3)c(CO)c2c1=O)N1CCN(c2ccc(F)cc2)CC1. The minimum atomic E-state index is -0.468. The minimum absolute atomic E-state index is 0.142. The average molecular weight is 479 g/mol. The van der Waals surface area contributed by atoms with Gasteiger partial charge in [-0.05, 0) is 36.4 Å². The molecule has 1 amide bonds. The van der Waals surface area contributed by atoms with E-state index in [4.69, 9.17) is 0 Å². The van der Waals surface area contributed by atoms with Crippen molar-refractivity contribution in [3.63, 3.8) is 0 Å². The number of amides is 1. The van der Waals surface area contributed by atoms with Crippen molar-refractivity contribution in [3.8, 4) is 11.3 Å². The number of hydrogen-bond donors (Lipinski definition) is 1. The van der Waals surface area contributed by atoms with Crippen LogP contribution in [0.15, 0.2) is 65.7 Å². The molecule has 0 atom stereocenters. The average Bonchev–Trinajstić information content (AvgIpc) is 3.26. The predicted octanol–water partition coefficient (Wildman–Crippen LogP) is 2.28. The highest BCUT2D eigenvalue weighted by Gasteiger charge is 2.23. The van der Waals surface area contributed by atoms with Gasteiger partial charge in [0.2, 0.25) is 5.91 Å². The highest BCUT2D eigenvalue weighted by atomic mass is 19.1. The smallest absolute Gasteiger partial charge is 0.277 e. The van der Waals surface area contributed by atoms with E-state index in [0.717, 1.165) is 5.69 Å². The number of aliphatic hydroxyl groups is 1. The second-order valence-electron chi connectivity index (χ2n) is 8.36. The fraction of sp³-hybridized carbons (Fsp3) is 0.240. The van der Waals surface area contributed by atoms with Crippen LogP contribution in [0.1, 0.15) is 5.56 Å². The van der Waals surface area contributed by atoms with Crippen LogP contribution in [0.25, 0.3) is 16.8 Å². The molecule has 3 heterocycles. The van der Waals surface area contributed by atoms with Crippen LogP contribution in [-0.4, -0.2) is 56.3 Å². The van der Waals surface area contributed by atoms with E-state index in [1.165, 1.54) is 45.6 Å². The summed E-state index contributed by atoms with van der Waals surface area (Å²) in [7, 11) is 0. The van der Waals surface area contributed by atoms with E-state index in [-0.39, 0.29) is 29.3 Å². The van der Waals surface area contributed by atoms with Gasteiger partial charge in [-0.2, -0.15) is 5.10 Å². The summed E-state index contributed by atoms with van der Waals surface area (Å²) in [4.78, 5) is 29.9. The van der Waals surface area contributed by atoms with Gasteiger partial charge in [0.15, 0.2) is 0 Å². The Balaban J connectivity index is 1.35. The van der Waals surface area contributed by atoms with Gasteiger partial charge in [-0.15, -0.1) is 0 Å². The van der Waals surface area contributed by atoms with Crippen LogP contribution in [0.3, 0.4) is 0 Å². The Morgan fingerprint density at radius 3 is 2.40 bits per heavy atom. The van der Waals surface area contributed by atoms with Crippen molar-refractivity contribution in [2.75, 3.05) is 31.1 Å². The van der Waals surface area contributed by atoms with Gasteiger partial charge in [0.25, 0.3) is 5.56 Å². The highest BCUT2D eigenvalue weighted by molar-refractivity contribution is 5.77. The largest absolute Gasteiger partial charge is 0.392 e. The molecule has 1 N–H and O–H groups in total. The number of rotatable bonds is 5. The van der Waals surface area contributed by atoms with E-state index >= 15 is 0 Å². The molecule has 8 nitrogen and oxygen atoms in total. The van der Waals surface area contributed by atoms with Crippen LogP contribution in [0.4, 0.5) is 14.5 Å². The van der Waals surface area contributed by atoms with Crippen LogP contribution >= 0.6 is 0 Å². The number of hydrogen-bond acceptors (Lipinski definition) is 5. The first kappa shape index (κ1) is 22.7. The summed E-state index contributed by atoms with van der Waals surface area (Å²) in [6, 6.07) is 12.0. The second kappa shape index (κ2) is 9.30. The molecule has 0 radical (unpaired) electrons. The van der Waals surface area contributed by atoms with E-state index < -0.39 is 18.0 Å². The van der Waals surface area contributed by atoms with Gasteiger partial charge in [0.05, 0.1) is 12.3 Å².